The fraction of sp³-hybridized carbons (Fsp3) is 0.500. The van der Waals surface area contributed by atoms with E-state index in [4.69, 9.17) is 0 Å². The molecule has 0 unspecified atom stereocenters. The summed E-state index contributed by atoms with van der Waals surface area (Å²) in [6.07, 6.45) is 0. The van der Waals surface area contributed by atoms with Crippen molar-refractivity contribution in [2.75, 3.05) is 39.3 Å². The van der Waals surface area contributed by atoms with Crippen LogP contribution >= 0.6 is 0 Å². The second-order valence-electron chi connectivity index (χ2n) is 5.09. The van der Waals surface area contributed by atoms with Gasteiger partial charge in [-0.1, -0.05) is 0 Å². The van der Waals surface area contributed by atoms with Crippen LogP contribution < -0.4 is 5.32 Å². The van der Waals surface area contributed by atoms with Crippen LogP contribution in [0.5, 0.6) is 0 Å². The van der Waals surface area contributed by atoms with Gasteiger partial charge in [0.15, 0.2) is 0 Å². The molecule has 1 aromatic carbocycles. The van der Waals surface area contributed by atoms with Gasteiger partial charge in [-0.2, -0.15) is 4.31 Å². The van der Waals surface area contributed by atoms with E-state index in [0.29, 0.717) is 32.7 Å². The molecule has 0 spiro atoms. The zero-order valence-electron chi connectivity index (χ0n) is 12.5. The van der Waals surface area contributed by atoms with Gasteiger partial charge in [-0.05, 0) is 31.2 Å². The summed E-state index contributed by atoms with van der Waals surface area (Å²) in [5.41, 5.74) is 0. The van der Waals surface area contributed by atoms with Crippen LogP contribution in [0, 0.1) is 5.82 Å². The minimum atomic E-state index is -3.60. The maximum Gasteiger partial charge on any atom is 0.243 e. The molecule has 0 radical (unpaired) electrons. The molecule has 1 aliphatic rings. The number of halogens is 1. The molecule has 1 fully saturated rings. The Kier molecular flexibility index (Phi) is 5.49. The molecule has 122 valence electrons. The van der Waals surface area contributed by atoms with E-state index >= 15 is 0 Å². The largest absolute Gasteiger partial charge is 0.355 e. The van der Waals surface area contributed by atoms with E-state index in [1.165, 1.54) is 16.4 Å². The molecular formula is C14H20FN3O3S. The summed E-state index contributed by atoms with van der Waals surface area (Å²) in [7, 11) is -3.60. The summed E-state index contributed by atoms with van der Waals surface area (Å²) < 4.78 is 39.1. The van der Waals surface area contributed by atoms with Crippen molar-refractivity contribution in [3.05, 3.63) is 30.1 Å². The number of carbonyl (C=O) groups excluding carboxylic acids is 1. The van der Waals surface area contributed by atoms with Crippen LogP contribution in [0.3, 0.4) is 0 Å². The number of sulfonamides is 1. The smallest absolute Gasteiger partial charge is 0.243 e. The molecule has 1 aliphatic heterocycles. The zero-order valence-corrected chi connectivity index (χ0v) is 13.3. The van der Waals surface area contributed by atoms with Crippen LogP contribution in [0.4, 0.5) is 4.39 Å². The Morgan fingerprint density at radius 2 is 1.77 bits per heavy atom. The normalized spacial score (nSPS) is 17.4. The van der Waals surface area contributed by atoms with Crippen molar-refractivity contribution in [1.29, 1.82) is 0 Å². The number of hydrogen-bond acceptors (Lipinski definition) is 4. The first-order valence-corrected chi connectivity index (χ1v) is 8.62. The molecule has 1 aromatic rings. The zero-order chi connectivity index (χ0) is 16.2. The number of likely N-dealkylation sites (N-methyl/N-ethyl adjacent to an activating group) is 1. The lowest BCUT2D eigenvalue weighted by atomic mass is 10.3. The molecule has 1 amide bonds. The third kappa shape index (κ3) is 4.02. The Labute approximate surface area is 130 Å². The number of hydrogen-bond donors (Lipinski definition) is 1. The minimum absolute atomic E-state index is 0.0580. The summed E-state index contributed by atoms with van der Waals surface area (Å²) in [5.74, 6) is -0.525. The predicted octanol–water partition coefficient (Wildman–Crippen LogP) is 0.268. The van der Waals surface area contributed by atoms with Crippen LogP contribution in [0.15, 0.2) is 29.2 Å². The third-order valence-electron chi connectivity index (χ3n) is 3.52. The number of amides is 1. The average molecular weight is 329 g/mol. The molecule has 2 rings (SSSR count). The van der Waals surface area contributed by atoms with Gasteiger partial charge in [-0.3, -0.25) is 9.69 Å². The van der Waals surface area contributed by atoms with Gasteiger partial charge >= 0.3 is 0 Å². The molecule has 6 nitrogen and oxygen atoms in total. The maximum absolute atomic E-state index is 12.9. The lowest BCUT2D eigenvalue weighted by molar-refractivity contribution is -0.122. The van der Waals surface area contributed by atoms with Crippen molar-refractivity contribution < 1.29 is 17.6 Å². The van der Waals surface area contributed by atoms with Crippen molar-refractivity contribution in [2.24, 2.45) is 0 Å². The summed E-state index contributed by atoms with van der Waals surface area (Å²) >= 11 is 0. The monoisotopic (exact) mass is 329 g/mol. The van der Waals surface area contributed by atoms with E-state index in [1.807, 2.05) is 11.8 Å². The SMILES string of the molecule is CCNC(=O)CN1CCN(S(=O)(=O)c2ccc(F)cc2)CC1. The van der Waals surface area contributed by atoms with Crippen LogP contribution in [0.25, 0.3) is 0 Å². The van der Waals surface area contributed by atoms with Crippen LogP contribution in [-0.2, 0) is 14.8 Å². The summed E-state index contributed by atoms with van der Waals surface area (Å²) in [6.45, 7) is 4.34. The highest BCUT2D eigenvalue weighted by Crippen LogP contribution is 2.17. The minimum Gasteiger partial charge on any atom is -0.355 e. The predicted molar refractivity (Wildman–Crippen MR) is 80.3 cm³/mol. The number of benzene rings is 1. The Morgan fingerprint density at radius 1 is 1.18 bits per heavy atom. The molecule has 0 saturated carbocycles. The second kappa shape index (κ2) is 7.17. The quantitative estimate of drug-likeness (QED) is 0.842. The molecule has 22 heavy (non-hydrogen) atoms. The molecule has 8 heteroatoms. The lowest BCUT2D eigenvalue weighted by Gasteiger charge is -2.33. The number of carbonyl (C=O) groups is 1. The first kappa shape index (κ1) is 16.9. The van der Waals surface area contributed by atoms with Crippen molar-refractivity contribution in [2.45, 2.75) is 11.8 Å². The van der Waals surface area contributed by atoms with Gasteiger partial charge < -0.3 is 5.32 Å². The van der Waals surface area contributed by atoms with E-state index < -0.39 is 15.8 Å². The fourth-order valence-corrected chi connectivity index (χ4v) is 3.76. The van der Waals surface area contributed by atoms with Gasteiger partial charge in [0.1, 0.15) is 5.82 Å². The van der Waals surface area contributed by atoms with E-state index in [2.05, 4.69) is 5.32 Å². The van der Waals surface area contributed by atoms with Gasteiger partial charge in [0.25, 0.3) is 0 Å². The van der Waals surface area contributed by atoms with E-state index in [0.717, 1.165) is 12.1 Å². The molecule has 1 heterocycles. The van der Waals surface area contributed by atoms with E-state index in [9.17, 15) is 17.6 Å². The van der Waals surface area contributed by atoms with Crippen molar-refractivity contribution in [3.63, 3.8) is 0 Å². The molecule has 0 aliphatic carbocycles. The Hall–Kier alpha value is -1.51. The van der Waals surface area contributed by atoms with Crippen LogP contribution in [0.1, 0.15) is 6.92 Å². The summed E-state index contributed by atoms with van der Waals surface area (Å²) in [4.78, 5) is 13.5. The van der Waals surface area contributed by atoms with Crippen molar-refractivity contribution in [1.82, 2.24) is 14.5 Å². The van der Waals surface area contributed by atoms with Gasteiger partial charge in [-0.25, -0.2) is 12.8 Å². The molecule has 0 bridgehead atoms. The van der Waals surface area contributed by atoms with Gasteiger partial charge in [-0.15, -0.1) is 0 Å². The molecular weight excluding hydrogens is 309 g/mol. The van der Waals surface area contributed by atoms with Gasteiger partial charge in [0, 0.05) is 32.7 Å². The number of nitrogens with zero attached hydrogens (tertiary/aromatic N) is 2. The highest BCUT2D eigenvalue weighted by molar-refractivity contribution is 7.89. The highest BCUT2D eigenvalue weighted by atomic mass is 32.2. The lowest BCUT2D eigenvalue weighted by Crippen LogP contribution is -2.51. The van der Waals surface area contributed by atoms with Crippen LogP contribution in [0.2, 0.25) is 0 Å². The number of rotatable bonds is 5. The van der Waals surface area contributed by atoms with Crippen molar-refractivity contribution in [3.8, 4) is 0 Å². The molecule has 0 aromatic heterocycles. The first-order valence-electron chi connectivity index (χ1n) is 7.18. The van der Waals surface area contributed by atoms with Crippen LogP contribution in [-0.4, -0.2) is 62.8 Å². The Balaban J connectivity index is 1.96. The molecule has 1 saturated heterocycles. The standard InChI is InChI=1S/C14H20FN3O3S/c1-2-16-14(19)11-17-7-9-18(10-8-17)22(20,21)13-5-3-12(15)4-6-13/h3-6H,2,7-11H2,1H3,(H,16,19). The van der Waals surface area contributed by atoms with Crippen molar-refractivity contribution >= 4 is 15.9 Å². The summed E-state index contributed by atoms with van der Waals surface area (Å²) in [6, 6.07) is 4.81. The number of piperazine rings is 1. The Bertz CT molecular complexity index is 611. The first-order chi connectivity index (χ1) is 10.4. The molecule has 1 N–H and O–H groups in total. The van der Waals surface area contributed by atoms with E-state index in [-0.39, 0.29) is 17.3 Å². The Morgan fingerprint density at radius 3 is 2.32 bits per heavy atom. The second-order valence-corrected chi connectivity index (χ2v) is 7.03. The average Bonchev–Trinajstić information content (AvgIpc) is 2.48. The number of nitrogens with one attached hydrogen (secondary N) is 1. The highest BCUT2D eigenvalue weighted by Gasteiger charge is 2.28. The van der Waals surface area contributed by atoms with E-state index in [1.54, 1.807) is 0 Å². The topological polar surface area (TPSA) is 69.7 Å². The molecule has 0 atom stereocenters. The summed E-state index contributed by atoms with van der Waals surface area (Å²) in [5, 5.41) is 2.72. The third-order valence-corrected chi connectivity index (χ3v) is 5.44. The fourth-order valence-electron chi connectivity index (χ4n) is 2.34. The maximum atomic E-state index is 12.9. The van der Waals surface area contributed by atoms with Gasteiger partial charge in [0.05, 0.1) is 11.4 Å². The van der Waals surface area contributed by atoms with Gasteiger partial charge in [0.2, 0.25) is 15.9 Å².